The van der Waals surface area contributed by atoms with Gasteiger partial charge >= 0.3 is 6.03 Å². The first-order valence-corrected chi connectivity index (χ1v) is 6.93. The fraction of sp³-hybridized carbons (Fsp3) is 0.154. The van der Waals surface area contributed by atoms with Crippen molar-refractivity contribution < 1.29 is 9.90 Å². The molecule has 0 spiro atoms. The van der Waals surface area contributed by atoms with Crippen LogP contribution < -0.4 is 10.6 Å². The average molecular weight is 297 g/mol. The normalized spacial score (nSPS) is 11.9. The van der Waals surface area contributed by atoms with Gasteiger partial charge in [-0.1, -0.05) is 29.8 Å². The van der Waals surface area contributed by atoms with Gasteiger partial charge in [0.25, 0.3) is 0 Å². The first-order chi connectivity index (χ1) is 9.16. The summed E-state index contributed by atoms with van der Waals surface area (Å²) in [6.07, 6.45) is -0.697. The van der Waals surface area contributed by atoms with Crippen molar-refractivity contribution in [1.29, 1.82) is 0 Å². The van der Waals surface area contributed by atoms with Gasteiger partial charge in [0.05, 0.1) is 17.3 Å². The topological polar surface area (TPSA) is 61.4 Å². The highest BCUT2D eigenvalue weighted by atomic mass is 35.5. The number of halogens is 1. The molecule has 0 aliphatic heterocycles. The molecule has 2 aromatic rings. The lowest BCUT2D eigenvalue weighted by Crippen LogP contribution is -2.32. The monoisotopic (exact) mass is 296 g/mol. The predicted molar refractivity (Wildman–Crippen MR) is 77.8 cm³/mol. The van der Waals surface area contributed by atoms with Crippen LogP contribution in [0.4, 0.5) is 10.5 Å². The first-order valence-electron chi connectivity index (χ1n) is 5.67. The molecule has 1 aromatic heterocycles. The van der Waals surface area contributed by atoms with E-state index in [1.807, 2.05) is 17.5 Å². The molecule has 2 amide bonds. The molecule has 3 N–H and O–H groups in total. The third-order valence-corrected chi connectivity index (χ3v) is 3.75. The van der Waals surface area contributed by atoms with Crippen LogP contribution in [0, 0.1) is 0 Å². The summed E-state index contributed by atoms with van der Waals surface area (Å²) in [5.41, 5.74) is 0.535. The Hall–Kier alpha value is -1.56. The zero-order valence-electron chi connectivity index (χ0n) is 9.97. The second-order valence-corrected chi connectivity index (χ2v) is 5.23. The Balaban J connectivity index is 1.84. The van der Waals surface area contributed by atoms with Crippen LogP contribution in [0.3, 0.4) is 0 Å². The molecule has 0 fully saturated rings. The number of aliphatic hydroxyl groups excluding tert-OH is 1. The van der Waals surface area contributed by atoms with Gasteiger partial charge in [-0.05, 0) is 23.6 Å². The third kappa shape index (κ3) is 3.96. The summed E-state index contributed by atoms with van der Waals surface area (Å²) in [6.45, 7) is 0.150. The van der Waals surface area contributed by atoms with Gasteiger partial charge in [0.2, 0.25) is 0 Å². The number of amides is 2. The number of aliphatic hydroxyl groups is 1. The van der Waals surface area contributed by atoms with Crippen molar-refractivity contribution in [1.82, 2.24) is 5.32 Å². The summed E-state index contributed by atoms with van der Waals surface area (Å²) >= 11 is 7.37. The molecule has 0 aliphatic rings. The number of urea groups is 1. The van der Waals surface area contributed by atoms with Gasteiger partial charge in [-0.15, -0.1) is 11.3 Å². The number of carbonyl (C=O) groups excluding carboxylic acids is 1. The summed E-state index contributed by atoms with van der Waals surface area (Å²) in [7, 11) is 0. The van der Waals surface area contributed by atoms with E-state index in [0.717, 1.165) is 4.88 Å². The molecule has 100 valence electrons. The van der Waals surface area contributed by atoms with Crippen LogP contribution in [0.2, 0.25) is 5.02 Å². The molecule has 2 rings (SSSR count). The number of thiophene rings is 1. The smallest absolute Gasteiger partial charge is 0.319 e. The molecule has 1 heterocycles. The highest BCUT2D eigenvalue weighted by Gasteiger charge is 2.10. The van der Waals surface area contributed by atoms with Crippen molar-refractivity contribution in [3.05, 3.63) is 51.7 Å². The van der Waals surface area contributed by atoms with Crippen LogP contribution >= 0.6 is 22.9 Å². The van der Waals surface area contributed by atoms with E-state index in [2.05, 4.69) is 10.6 Å². The SMILES string of the molecule is O=C(NC[C@@H](O)c1cccs1)Nc1ccccc1Cl. The standard InChI is InChI=1S/C13H13ClN2O2S/c14-9-4-1-2-5-10(9)16-13(18)15-8-11(17)12-6-3-7-19-12/h1-7,11,17H,8H2,(H2,15,16,18)/t11-/m1/s1. The van der Waals surface area contributed by atoms with Gasteiger partial charge in [0.15, 0.2) is 0 Å². The molecule has 4 nitrogen and oxygen atoms in total. The lowest BCUT2D eigenvalue weighted by Gasteiger charge is -2.11. The van der Waals surface area contributed by atoms with E-state index in [0.29, 0.717) is 10.7 Å². The van der Waals surface area contributed by atoms with Crippen LogP contribution in [-0.4, -0.2) is 17.7 Å². The zero-order valence-corrected chi connectivity index (χ0v) is 11.5. The van der Waals surface area contributed by atoms with Gasteiger partial charge in [-0.25, -0.2) is 4.79 Å². The molecular formula is C13H13ClN2O2S. The number of para-hydroxylation sites is 1. The van der Waals surface area contributed by atoms with Gasteiger partial charge in [0, 0.05) is 4.88 Å². The third-order valence-electron chi connectivity index (χ3n) is 2.45. The molecule has 19 heavy (non-hydrogen) atoms. The fourth-order valence-corrected chi connectivity index (χ4v) is 2.39. The molecule has 1 aromatic carbocycles. The molecular weight excluding hydrogens is 284 g/mol. The maximum absolute atomic E-state index is 11.7. The summed E-state index contributed by atoms with van der Waals surface area (Å²) in [5.74, 6) is 0. The van der Waals surface area contributed by atoms with Crippen LogP contribution in [0.25, 0.3) is 0 Å². The quantitative estimate of drug-likeness (QED) is 0.811. The average Bonchev–Trinajstić information content (AvgIpc) is 2.93. The number of anilines is 1. The number of rotatable bonds is 4. The van der Waals surface area contributed by atoms with Crippen molar-refractivity contribution in [3.8, 4) is 0 Å². The summed E-state index contributed by atoms with van der Waals surface area (Å²) < 4.78 is 0. The fourth-order valence-electron chi connectivity index (χ4n) is 1.50. The zero-order chi connectivity index (χ0) is 13.7. The molecule has 0 radical (unpaired) electrons. The van der Waals surface area contributed by atoms with E-state index in [1.54, 1.807) is 24.3 Å². The molecule has 0 unspecified atom stereocenters. The van der Waals surface area contributed by atoms with Crippen LogP contribution in [-0.2, 0) is 0 Å². The molecule has 6 heteroatoms. The first kappa shape index (κ1) is 13.9. The van der Waals surface area contributed by atoms with Gasteiger partial charge in [-0.3, -0.25) is 0 Å². The number of hydrogen-bond acceptors (Lipinski definition) is 3. The van der Waals surface area contributed by atoms with Crippen LogP contribution in [0.5, 0.6) is 0 Å². The second kappa shape index (κ2) is 6.56. The molecule has 0 saturated carbocycles. The minimum absolute atomic E-state index is 0.150. The van der Waals surface area contributed by atoms with E-state index in [4.69, 9.17) is 11.6 Å². The number of benzene rings is 1. The molecule has 0 saturated heterocycles. The maximum atomic E-state index is 11.7. The minimum Gasteiger partial charge on any atom is -0.386 e. The van der Waals surface area contributed by atoms with E-state index >= 15 is 0 Å². The lowest BCUT2D eigenvalue weighted by atomic mass is 10.3. The highest BCUT2D eigenvalue weighted by Crippen LogP contribution is 2.20. The maximum Gasteiger partial charge on any atom is 0.319 e. The number of nitrogens with one attached hydrogen (secondary N) is 2. The van der Waals surface area contributed by atoms with Crippen molar-refractivity contribution in [2.24, 2.45) is 0 Å². The summed E-state index contributed by atoms with van der Waals surface area (Å²) in [4.78, 5) is 12.5. The molecule has 1 atom stereocenters. The van der Waals surface area contributed by atoms with E-state index < -0.39 is 12.1 Å². The van der Waals surface area contributed by atoms with Gasteiger partial charge in [0.1, 0.15) is 6.10 Å². The van der Waals surface area contributed by atoms with Gasteiger partial charge < -0.3 is 15.7 Å². The Morgan fingerprint density at radius 2 is 2.11 bits per heavy atom. The number of hydrogen-bond donors (Lipinski definition) is 3. The van der Waals surface area contributed by atoms with Crippen LogP contribution in [0.1, 0.15) is 11.0 Å². The largest absolute Gasteiger partial charge is 0.386 e. The van der Waals surface area contributed by atoms with Gasteiger partial charge in [-0.2, -0.15) is 0 Å². The van der Waals surface area contributed by atoms with E-state index in [1.165, 1.54) is 11.3 Å². The van der Waals surface area contributed by atoms with Crippen molar-refractivity contribution in [2.45, 2.75) is 6.10 Å². The Morgan fingerprint density at radius 1 is 1.32 bits per heavy atom. The Morgan fingerprint density at radius 3 is 2.79 bits per heavy atom. The molecule has 0 aliphatic carbocycles. The van der Waals surface area contributed by atoms with E-state index in [9.17, 15) is 9.90 Å². The molecule has 0 bridgehead atoms. The Labute approximate surface area is 120 Å². The summed E-state index contributed by atoms with van der Waals surface area (Å²) in [6, 6.07) is 10.2. The summed E-state index contributed by atoms with van der Waals surface area (Å²) in [5, 5.41) is 17.4. The Kier molecular flexibility index (Phi) is 4.79. The van der Waals surface area contributed by atoms with Crippen LogP contribution in [0.15, 0.2) is 41.8 Å². The minimum atomic E-state index is -0.697. The number of carbonyl (C=O) groups is 1. The Bertz CT molecular complexity index is 545. The van der Waals surface area contributed by atoms with Crippen molar-refractivity contribution >= 4 is 34.7 Å². The van der Waals surface area contributed by atoms with E-state index in [-0.39, 0.29) is 6.54 Å². The second-order valence-electron chi connectivity index (χ2n) is 3.85. The van der Waals surface area contributed by atoms with Crippen molar-refractivity contribution in [3.63, 3.8) is 0 Å². The lowest BCUT2D eigenvalue weighted by molar-refractivity contribution is 0.178. The van der Waals surface area contributed by atoms with Crippen molar-refractivity contribution in [2.75, 3.05) is 11.9 Å². The highest BCUT2D eigenvalue weighted by molar-refractivity contribution is 7.10. The predicted octanol–water partition coefficient (Wildman–Crippen LogP) is 3.26.